The van der Waals surface area contributed by atoms with Gasteiger partial charge in [0.05, 0.1) is 6.10 Å². The third-order valence-electron chi connectivity index (χ3n) is 3.05. The second-order valence-electron chi connectivity index (χ2n) is 5.14. The Balaban J connectivity index is 2.54. The van der Waals surface area contributed by atoms with Crippen LogP contribution in [0.5, 0.6) is 0 Å². The van der Waals surface area contributed by atoms with Gasteiger partial charge < -0.3 is 10.4 Å². The van der Waals surface area contributed by atoms with Gasteiger partial charge in [-0.15, -0.1) is 0 Å². The molecule has 96 valence electrons. The van der Waals surface area contributed by atoms with Gasteiger partial charge in [0.2, 0.25) is 0 Å². The summed E-state index contributed by atoms with van der Waals surface area (Å²) in [6, 6.07) is 6.73. The van der Waals surface area contributed by atoms with Crippen LogP contribution < -0.4 is 5.32 Å². The van der Waals surface area contributed by atoms with Crippen molar-refractivity contribution in [3.63, 3.8) is 0 Å². The van der Waals surface area contributed by atoms with E-state index in [1.54, 1.807) is 6.92 Å². The summed E-state index contributed by atoms with van der Waals surface area (Å²) in [7, 11) is 0. The molecule has 17 heavy (non-hydrogen) atoms. The number of aliphatic hydroxyl groups excluding tert-OH is 1. The third kappa shape index (κ3) is 4.88. The molecule has 0 heterocycles. The van der Waals surface area contributed by atoms with E-state index in [1.165, 1.54) is 16.7 Å². The van der Waals surface area contributed by atoms with Gasteiger partial charge in [0.25, 0.3) is 0 Å². The van der Waals surface area contributed by atoms with E-state index < -0.39 is 0 Å². The predicted octanol–water partition coefficient (Wildman–Crippen LogP) is 2.63. The molecule has 1 atom stereocenters. The maximum Gasteiger partial charge on any atom is 0.0636 e. The molecule has 1 aromatic rings. The zero-order valence-corrected chi connectivity index (χ0v) is 11.5. The highest BCUT2D eigenvalue weighted by molar-refractivity contribution is 5.32. The molecule has 2 nitrogen and oxygen atoms in total. The Kier molecular flexibility index (Phi) is 5.66. The summed E-state index contributed by atoms with van der Waals surface area (Å²) >= 11 is 0. The molecular weight excluding hydrogens is 210 g/mol. The lowest BCUT2D eigenvalue weighted by atomic mass is 9.96. The highest BCUT2D eigenvalue weighted by Gasteiger charge is 2.04. The van der Waals surface area contributed by atoms with Gasteiger partial charge in [0.1, 0.15) is 0 Å². The standard InChI is InChI=1S/C15H25NO/c1-11(2)14-6-5-12(3)15(9-14)7-8-16-10-13(4)17/h5-6,9,11,13,16-17H,7-8,10H2,1-4H3. The number of aryl methyl sites for hydroxylation is 1. The van der Waals surface area contributed by atoms with Crippen molar-refractivity contribution in [1.82, 2.24) is 5.32 Å². The van der Waals surface area contributed by atoms with Crippen molar-refractivity contribution in [2.24, 2.45) is 0 Å². The second-order valence-corrected chi connectivity index (χ2v) is 5.14. The maximum atomic E-state index is 9.16. The van der Waals surface area contributed by atoms with E-state index in [4.69, 9.17) is 5.11 Å². The van der Waals surface area contributed by atoms with Crippen molar-refractivity contribution in [3.05, 3.63) is 34.9 Å². The van der Waals surface area contributed by atoms with Gasteiger partial charge in [-0.05, 0) is 49.4 Å². The van der Waals surface area contributed by atoms with E-state index in [0.29, 0.717) is 12.5 Å². The van der Waals surface area contributed by atoms with Crippen LogP contribution in [0.25, 0.3) is 0 Å². The van der Waals surface area contributed by atoms with Crippen LogP contribution in [0.2, 0.25) is 0 Å². The Morgan fingerprint density at radius 2 is 1.94 bits per heavy atom. The molecule has 0 aliphatic heterocycles. The van der Waals surface area contributed by atoms with E-state index in [1.807, 2.05) is 0 Å². The van der Waals surface area contributed by atoms with Crippen LogP contribution in [0.3, 0.4) is 0 Å². The minimum atomic E-state index is -0.266. The Labute approximate surface area is 105 Å². The quantitative estimate of drug-likeness (QED) is 0.743. The fraction of sp³-hybridized carbons (Fsp3) is 0.600. The first-order valence-corrected chi connectivity index (χ1v) is 6.49. The number of nitrogens with one attached hydrogen (secondary N) is 1. The van der Waals surface area contributed by atoms with Crippen molar-refractivity contribution in [3.8, 4) is 0 Å². The average molecular weight is 235 g/mol. The Hall–Kier alpha value is -0.860. The van der Waals surface area contributed by atoms with Gasteiger partial charge in [-0.2, -0.15) is 0 Å². The molecule has 1 aromatic carbocycles. The molecule has 2 N–H and O–H groups in total. The maximum absolute atomic E-state index is 9.16. The van der Waals surface area contributed by atoms with E-state index in [9.17, 15) is 0 Å². The Bertz CT molecular complexity index is 345. The van der Waals surface area contributed by atoms with Crippen LogP contribution >= 0.6 is 0 Å². The highest BCUT2D eigenvalue weighted by Crippen LogP contribution is 2.18. The zero-order valence-electron chi connectivity index (χ0n) is 11.5. The Morgan fingerprint density at radius 3 is 2.53 bits per heavy atom. The summed E-state index contributed by atoms with van der Waals surface area (Å²) in [5, 5.41) is 12.4. The van der Waals surface area contributed by atoms with Crippen molar-refractivity contribution in [1.29, 1.82) is 0 Å². The SMILES string of the molecule is Cc1ccc(C(C)C)cc1CCNCC(C)O. The fourth-order valence-electron chi connectivity index (χ4n) is 1.85. The van der Waals surface area contributed by atoms with E-state index >= 15 is 0 Å². The van der Waals surface area contributed by atoms with Crippen LogP contribution in [-0.2, 0) is 6.42 Å². The van der Waals surface area contributed by atoms with Crippen molar-refractivity contribution in [2.45, 2.75) is 46.1 Å². The molecule has 0 saturated heterocycles. The van der Waals surface area contributed by atoms with Crippen molar-refractivity contribution < 1.29 is 5.11 Å². The summed E-state index contributed by atoms with van der Waals surface area (Å²) in [5.74, 6) is 0.583. The van der Waals surface area contributed by atoms with Crippen LogP contribution in [0.1, 0.15) is 43.4 Å². The van der Waals surface area contributed by atoms with Gasteiger partial charge in [0, 0.05) is 6.54 Å². The van der Waals surface area contributed by atoms with Crippen LogP contribution in [-0.4, -0.2) is 24.3 Å². The van der Waals surface area contributed by atoms with E-state index in [0.717, 1.165) is 13.0 Å². The van der Waals surface area contributed by atoms with E-state index in [-0.39, 0.29) is 6.10 Å². The van der Waals surface area contributed by atoms with Gasteiger partial charge in [-0.25, -0.2) is 0 Å². The molecule has 0 fully saturated rings. The van der Waals surface area contributed by atoms with Gasteiger partial charge in [-0.1, -0.05) is 32.0 Å². The molecule has 0 aliphatic rings. The van der Waals surface area contributed by atoms with Crippen LogP contribution in [0, 0.1) is 6.92 Å². The lowest BCUT2D eigenvalue weighted by Crippen LogP contribution is -2.26. The smallest absolute Gasteiger partial charge is 0.0636 e. The minimum Gasteiger partial charge on any atom is -0.392 e. The summed E-state index contributed by atoms with van der Waals surface area (Å²) in [6.45, 7) is 10.0. The molecule has 0 radical (unpaired) electrons. The summed E-state index contributed by atoms with van der Waals surface area (Å²) in [4.78, 5) is 0. The molecule has 0 aromatic heterocycles. The van der Waals surface area contributed by atoms with Crippen molar-refractivity contribution in [2.75, 3.05) is 13.1 Å². The largest absolute Gasteiger partial charge is 0.392 e. The molecule has 2 heteroatoms. The fourth-order valence-corrected chi connectivity index (χ4v) is 1.85. The van der Waals surface area contributed by atoms with Crippen LogP contribution in [0.15, 0.2) is 18.2 Å². The topological polar surface area (TPSA) is 32.3 Å². The summed E-state index contributed by atoms with van der Waals surface area (Å²) in [6.07, 6.45) is 0.761. The molecular formula is C15H25NO. The van der Waals surface area contributed by atoms with E-state index in [2.05, 4.69) is 44.3 Å². The molecule has 0 saturated carbocycles. The second kappa shape index (κ2) is 6.77. The summed E-state index contributed by atoms with van der Waals surface area (Å²) in [5.41, 5.74) is 4.17. The first kappa shape index (κ1) is 14.2. The van der Waals surface area contributed by atoms with Crippen molar-refractivity contribution >= 4 is 0 Å². The highest BCUT2D eigenvalue weighted by atomic mass is 16.3. The molecule has 1 rings (SSSR count). The number of benzene rings is 1. The molecule has 0 bridgehead atoms. The predicted molar refractivity (Wildman–Crippen MR) is 73.5 cm³/mol. The normalized spacial score (nSPS) is 13.1. The van der Waals surface area contributed by atoms with Gasteiger partial charge in [0.15, 0.2) is 0 Å². The monoisotopic (exact) mass is 235 g/mol. The third-order valence-corrected chi connectivity index (χ3v) is 3.05. The first-order chi connectivity index (χ1) is 8.00. The minimum absolute atomic E-state index is 0.266. The lowest BCUT2D eigenvalue weighted by molar-refractivity contribution is 0.191. The average Bonchev–Trinajstić information content (AvgIpc) is 2.25. The van der Waals surface area contributed by atoms with Gasteiger partial charge in [-0.3, -0.25) is 0 Å². The molecule has 0 aliphatic carbocycles. The van der Waals surface area contributed by atoms with Crippen LogP contribution in [0.4, 0.5) is 0 Å². The number of hydrogen-bond donors (Lipinski definition) is 2. The van der Waals surface area contributed by atoms with Gasteiger partial charge >= 0.3 is 0 Å². The first-order valence-electron chi connectivity index (χ1n) is 6.49. The molecule has 0 amide bonds. The lowest BCUT2D eigenvalue weighted by Gasteiger charge is -2.12. The molecule has 0 spiro atoms. The Morgan fingerprint density at radius 1 is 1.24 bits per heavy atom. The number of aliphatic hydroxyl groups is 1. The number of rotatable bonds is 6. The summed E-state index contributed by atoms with van der Waals surface area (Å²) < 4.78 is 0. The number of hydrogen-bond acceptors (Lipinski definition) is 2. The zero-order chi connectivity index (χ0) is 12.8. The molecule has 1 unspecified atom stereocenters.